The van der Waals surface area contributed by atoms with Gasteiger partial charge in [0.05, 0.1) is 23.6 Å². The van der Waals surface area contributed by atoms with E-state index in [1.165, 1.54) is 25.0 Å². The van der Waals surface area contributed by atoms with Crippen molar-refractivity contribution in [3.8, 4) is 0 Å². The minimum absolute atomic E-state index is 0.00709. The van der Waals surface area contributed by atoms with Crippen molar-refractivity contribution < 1.29 is 31.9 Å². The summed E-state index contributed by atoms with van der Waals surface area (Å²) in [7, 11) is 1.45. The molecular weight excluding hydrogens is 494 g/mol. The molecule has 0 saturated carbocycles. The van der Waals surface area contributed by atoms with Crippen molar-refractivity contribution in [3.63, 3.8) is 0 Å². The third-order valence-corrected chi connectivity index (χ3v) is 7.94. The van der Waals surface area contributed by atoms with Gasteiger partial charge < -0.3 is 10.1 Å². The predicted molar refractivity (Wildman–Crippen MR) is 125 cm³/mol. The van der Waals surface area contributed by atoms with E-state index in [2.05, 4.69) is 10.4 Å². The van der Waals surface area contributed by atoms with Crippen LogP contribution in [0.1, 0.15) is 50.3 Å². The van der Waals surface area contributed by atoms with Crippen LogP contribution in [-0.4, -0.2) is 66.0 Å². The fourth-order valence-electron chi connectivity index (χ4n) is 5.73. The highest BCUT2D eigenvalue weighted by molar-refractivity contribution is 6.11. The number of rotatable bonds is 3. The monoisotopic (exact) mass is 523 g/mol. The molecule has 0 bridgehead atoms. The number of alkyl halides is 3. The summed E-state index contributed by atoms with van der Waals surface area (Å²) in [6, 6.07) is 2.21. The number of hydrogen-bond acceptors (Lipinski definition) is 6. The standard InChI is InChI=1S/C25H29F4N5O3/c1-15(16-5-4-6-17(20(16)26)25(27,28)29)30-21-18-12-34(33-9-7-24(13-33)8-10-37-14-24)19(35)11-23(18,2)22(36)32(3)31-21/h4-6,12,15H,7-11,13-14H2,1-3H3,(H,30,31)/t15-,23?,24?/m1/s1. The molecule has 4 aliphatic heterocycles. The van der Waals surface area contributed by atoms with Gasteiger partial charge in [0.15, 0.2) is 5.84 Å². The zero-order valence-corrected chi connectivity index (χ0v) is 20.9. The number of nitrogens with zero attached hydrogens (tertiary/aromatic N) is 4. The van der Waals surface area contributed by atoms with Crippen LogP contribution in [0.15, 0.2) is 35.1 Å². The molecule has 0 radical (unpaired) electrons. The number of amidine groups is 1. The van der Waals surface area contributed by atoms with Gasteiger partial charge in [0, 0.05) is 55.9 Å². The number of benzene rings is 1. The fourth-order valence-corrected chi connectivity index (χ4v) is 5.73. The predicted octanol–water partition coefficient (Wildman–Crippen LogP) is 3.43. The van der Waals surface area contributed by atoms with E-state index >= 15 is 0 Å². The van der Waals surface area contributed by atoms with Gasteiger partial charge in [0.25, 0.3) is 5.91 Å². The molecule has 12 heteroatoms. The van der Waals surface area contributed by atoms with Gasteiger partial charge in [-0.25, -0.2) is 19.4 Å². The van der Waals surface area contributed by atoms with E-state index in [-0.39, 0.29) is 35.0 Å². The lowest BCUT2D eigenvalue weighted by Crippen LogP contribution is -2.56. The molecule has 1 N–H and O–H groups in total. The maximum absolute atomic E-state index is 14.8. The molecule has 8 nitrogen and oxygen atoms in total. The molecule has 2 saturated heterocycles. The summed E-state index contributed by atoms with van der Waals surface area (Å²) in [4.78, 5) is 26.4. The van der Waals surface area contributed by atoms with Gasteiger partial charge in [-0.1, -0.05) is 12.1 Å². The van der Waals surface area contributed by atoms with Gasteiger partial charge >= 0.3 is 6.18 Å². The molecule has 1 aromatic carbocycles. The first-order valence-electron chi connectivity index (χ1n) is 12.2. The molecule has 200 valence electrons. The second-order valence-corrected chi connectivity index (χ2v) is 10.6. The van der Waals surface area contributed by atoms with E-state index in [1.807, 2.05) is 5.01 Å². The number of hydrazine groups is 1. The number of halogens is 4. The van der Waals surface area contributed by atoms with Crippen molar-refractivity contribution in [1.29, 1.82) is 0 Å². The van der Waals surface area contributed by atoms with Gasteiger partial charge in [0.1, 0.15) is 5.82 Å². The van der Waals surface area contributed by atoms with Crippen molar-refractivity contribution in [2.24, 2.45) is 15.9 Å². The number of ether oxygens (including phenoxy) is 1. The molecule has 5 rings (SSSR count). The molecule has 4 aliphatic rings. The molecule has 37 heavy (non-hydrogen) atoms. The lowest BCUT2D eigenvalue weighted by atomic mass is 9.74. The Kier molecular flexibility index (Phi) is 6.10. The maximum atomic E-state index is 14.8. The quantitative estimate of drug-likeness (QED) is 0.615. The van der Waals surface area contributed by atoms with Gasteiger partial charge in [0.2, 0.25) is 5.91 Å². The van der Waals surface area contributed by atoms with E-state index in [1.54, 1.807) is 13.1 Å². The average molecular weight is 524 g/mol. The van der Waals surface area contributed by atoms with Crippen molar-refractivity contribution in [3.05, 3.63) is 46.9 Å². The van der Waals surface area contributed by atoms with Crippen LogP contribution in [0.25, 0.3) is 0 Å². The Balaban J connectivity index is 1.47. The van der Waals surface area contributed by atoms with Crippen LogP contribution in [0.5, 0.6) is 0 Å². The van der Waals surface area contributed by atoms with Gasteiger partial charge in [-0.05, 0) is 32.8 Å². The zero-order valence-electron chi connectivity index (χ0n) is 20.9. The van der Waals surface area contributed by atoms with Crippen LogP contribution >= 0.6 is 0 Å². The molecule has 2 unspecified atom stereocenters. The van der Waals surface area contributed by atoms with Crippen LogP contribution in [0, 0.1) is 16.6 Å². The number of carbonyl (C=O) groups is 2. The minimum atomic E-state index is -4.84. The number of nitrogens with one attached hydrogen (secondary N) is 1. The number of fused-ring (bicyclic) bond motifs is 1. The molecular formula is C25H29F4N5O3. The lowest BCUT2D eigenvalue weighted by molar-refractivity contribution is -0.152. The Hall–Kier alpha value is -2.99. The Labute approximate surface area is 211 Å². The Morgan fingerprint density at radius 3 is 2.65 bits per heavy atom. The minimum Gasteiger partial charge on any atom is -0.381 e. The molecule has 3 atom stereocenters. The van der Waals surface area contributed by atoms with E-state index in [0.717, 1.165) is 23.9 Å². The second-order valence-electron chi connectivity index (χ2n) is 10.6. The van der Waals surface area contributed by atoms with E-state index in [4.69, 9.17) is 4.74 Å². The van der Waals surface area contributed by atoms with Crippen molar-refractivity contribution >= 4 is 17.6 Å². The summed E-state index contributed by atoms with van der Waals surface area (Å²) in [6.45, 7) is 5.78. The Morgan fingerprint density at radius 2 is 1.97 bits per heavy atom. The normalized spacial score (nSPS) is 29.5. The number of hydrazone groups is 1. The average Bonchev–Trinajstić information content (AvgIpc) is 3.46. The highest BCUT2D eigenvalue weighted by Gasteiger charge is 2.52. The zero-order chi connectivity index (χ0) is 26.8. The molecule has 1 aromatic rings. The highest BCUT2D eigenvalue weighted by atomic mass is 19.4. The number of hydrogen-bond donors (Lipinski definition) is 1. The summed E-state index contributed by atoms with van der Waals surface area (Å²) in [5, 5.41) is 11.9. The molecule has 0 aromatic heterocycles. The molecule has 4 heterocycles. The first-order valence-corrected chi connectivity index (χ1v) is 12.2. The van der Waals surface area contributed by atoms with E-state index in [0.29, 0.717) is 37.9 Å². The van der Waals surface area contributed by atoms with Crippen LogP contribution in [-0.2, 0) is 20.5 Å². The van der Waals surface area contributed by atoms with E-state index in [9.17, 15) is 27.2 Å². The van der Waals surface area contributed by atoms with Crippen LogP contribution in [0.4, 0.5) is 17.6 Å². The van der Waals surface area contributed by atoms with Crippen molar-refractivity contribution in [2.75, 3.05) is 33.4 Å². The SMILES string of the molecule is C[C@@H](NC1=NN(C)C(=O)C2(C)CC(=O)N(N3CCC4(CCOC4)C3)C=C12)c1cccc(C(F)(F)F)c1F. The summed E-state index contributed by atoms with van der Waals surface area (Å²) in [5.41, 5.74) is -2.35. The molecule has 2 amide bonds. The van der Waals surface area contributed by atoms with Gasteiger partial charge in [-0.15, -0.1) is 0 Å². The molecule has 1 spiro atoms. The highest BCUT2D eigenvalue weighted by Crippen LogP contribution is 2.44. The Bertz CT molecular complexity index is 1190. The van der Waals surface area contributed by atoms with Crippen LogP contribution < -0.4 is 5.32 Å². The summed E-state index contributed by atoms with van der Waals surface area (Å²) in [6.07, 6.45) is -1.55. The first-order chi connectivity index (χ1) is 17.3. The summed E-state index contributed by atoms with van der Waals surface area (Å²) < 4.78 is 60.2. The van der Waals surface area contributed by atoms with E-state index < -0.39 is 29.0 Å². The summed E-state index contributed by atoms with van der Waals surface area (Å²) in [5.74, 6) is -1.78. The molecule has 2 fully saturated rings. The lowest BCUT2D eigenvalue weighted by Gasteiger charge is -2.44. The largest absolute Gasteiger partial charge is 0.419 e. The summed E-state index contributed by atoms with van der Waals surface area (Å²) >= 11 is 0. The smallest absolute Gasteiger partial charge is 0.381 e. The van der Waals surface area contributed by atoms with Gasteiger partial charge in [-0.2, -0.15) is 18.3 Å². The second kappa shape index (κ2) is 8.80. The molecule has 0 aliphatic carbocycles. The van der Waals surface area contributed by atoms with Crippen molar-refractivity contribution in [2.45, 2.75) is 45.3 Å². The first kappa shape index (κ1) is 25.7. The maximum Gasteiger partial charge on any atom is 0.419 e. The van der Waals surface area contributed by atoms with Crippen LogP contribution in [0.3, 0.4) is 0 Å². The van der Waals surface area contributed by atoms with Crippen molar-refractivity contribution in [1.82, 2.24) is 20.3 Å². The van der Waals surface area contributed by atoms with Crippen LogP contribution in [0.2, 0.25) is 0 Å². The Morgan fingerprint density at radius 1 is 1.22 bits per heavy atom. The third-order valence-electron chi connectivity index (χ3n) is 7.94. The van der Waals surface area contributed by atoms with Gasteiger partial charge in [-0.3, -0.25) is 9.59 Å². The topological polar surface area (TPSA) is 77.5 Å². The fraction of sp³-hybridized carbons (Fsp3) is 0.560. The number of carbonyl (C=O) groups excluding carboxylic acids is 2. The number of amides is 2. The third kappa shape index (κ3) is 4.29.